The smallest absolute Gasteiger partial charge is 0.410 e. The third kappa shape index (κ3) is 2.88. The molecule has 2 aliphatic heterocycles. The molecule has 1 amide bonds. The van der Waals surface area contributed by atoms with Crippen molar-refractivity contribution in [1.82, 2.24) is 4.90 Å². The number of nitrogens with zero attached hydrogens (tertiary/aromatic N) is 1. The van der Waals surface area contributed by atoms with Crippen LogP contribution >= 0.6 is 0 Å². The van der Waals surface area contributed by atoms with Crippen molar-refractivity contribution in [3.05, 3.63) is 35.9 Å². The van der Waals surface area contributed by atoms with Gasteiger partial charge in [-0.3, -0.25) is 0 Å². The van der Waals surface area contributed by atoms with Crippen LogP contribution in [-0.4, -0.2) is 49.5 Å². The molecule has 0 aliphatic carbocycles. The van der Waals surface area contributed by atoms with Crippen LogP contribution in [-0.2, 0) is 20.8 Å². The maximum atomic E-state index is 12.0. The Morgan fingerprint density at radius 3 is 2.42 bits per heavy atom. The maximum Gasteiger partial charge on any atom is 0.410 e. The summed E-state index contributed by atoms with van der Waals surface area (Å²) >= 11 is 0. The predicted octanol–water partition coefficient (Wildman–Crippen LogP) is 1.42. The van der Waals surface area contributed by atoms with Gasteiger partial charge in [0.25, 0.3) is 0 Å². The third-order valence-electron chi connectivity index (χ3n) is 3.43. The van der Waals surface area contributed by atoms with Gasteiger partial charge in [-0.25, -0.2) is 4.79 Å². The van der Waals surface area contributed by atoms with Gasteiger partial charge in [0.05, 0.1) is 26.3 Å². The van der Waals surface area contributed by atoms with Crippen molar-refractivity contribution in [2.75, 3.05) is 26.3 Å². The van der Waals surface area contributed by atoms with E-state index in [1.165, 1.54) is 0 Å². The fraction of sp³-hybridized carbons (Fsp3) is 0.500. The second-order valence-electron chi connectivity index (χ2n) is 4.76. The van der Waals surface area contributed by atoms with Crippen LogP contribution in [0, 0.1) is 0 Å². The van der Waals surface area contributed by atoms with Gasteiger partial charge >= 0.3 is 6.09 Å². The second kappa shape index (κ2) is 5.59. The standard InChI is InChI=1S/C14H17NO4/c16-14(19-10-11-4-2-1-3-5-11)15-8-12-13(9-15)18-7-6-17-12/h1-5,12-13H,6-10H2/t12-,13+. The van der Waals surface area contributed by atoms with Crippen molar-refractivity contribution < 1.29 is 19.0 Å². The summed E-state index contributed by atoms with van der Waals surface area (Å²) in [6, 6.07) is 9.65. The molecule has 0 unspecified atom stereocenters. The quantitative estimate of drug-likeness (QED) is 0.809. The Balaban J connectivity index is 1.51. The average Bonchev–Trinajstić information content (AvgIpc) is 2.90. The minimum absolute atomic E-state index is 0.00183. The number of ether oxygens (including phenoxy) is 3. The molecule has 2 fully saturated rings. The van der Waals surface area contributed by atoms with Crippen LogP contribution in [0.1, 0.15) is 5.56 Å². The molecule has 0 spiro atoms. The van der Waals surface area contributed by atoms with Crippen LogP contribution in [0.15, 0.2) is 30.3 Å². The SMILES string of the molecule is O=C(OCc1ccccc1)N1C[C@@H]2OCCO[C@@H]2C1. The molecule has 0 radical (unpaired) electrons. The van der Waals surface area contributed by atoms with Crippen molar-refractivity contribution in [1.29, 1.82) is 0 Å². The fourth-order valence-electron chi connectivity index (χ4n) is 2.42. The van der Waals surface area contributed by atoms with Crippen LogP contribution in [0.2, 0.25) is 0 Å². The van der Waals surface area contributed by atoms with Crippen molar-refractivity contribution in [3.8, 4) is 0 Å². The molecular formula is C14H17NO4. The molecule has 2 saturated heterocycles. The summed E-state index contributed by atoms with van der Waals surface area (Å²) in [5.41, 5.74) is 0.986. The summed E-state index contributed by atoms with van der Waals surface area (Å²) in [4.78, 5) is 13.6. The summed E-state index contributed by atoms with van der Waals surface area (Å²) in [5.74, 6) is 0. The molecule has 0 N–H and O–H groups in total. The first-order valence-electron chi connectivity index (χ1n) is 6.52. The van der Waals surface area contributed by atoms with E-state index in [9.17, 15) is 4.79 Å². The number of carbonyl (C=O) groups excluding carboxylic acids is 1. The lowest BCUT2D eigenvalue weighted by molar-refractivity contribution is -0.116. The van der Waals surface area contributed by atoms with E-state index in [1.54, 1.807) is 4.90 Å². The summed E-state index contributed by atoms with van der Waals surface area (Å²) in [7, 11) is 0. The number of carbonyl (C=O) groups is 1. The van der Waals surface area contributed by atoms with E-state index >= 15 is 0 Å². The molecule has 0 bridgehead atoms. The average molecular weight is 263 g/mol. The highest BCUT2D eigenvalue weighted by molar-refractivity contribution is 5.68. The Kier molecular flexibility index (Phi) is 3.66. The molecular weight excluding hydrogens is 246 g/mol. The van der Waals surface area contributed by atoms with Crippen LogP contribution < -0.4 is 0 Å². The first-order valence-corrected chi connectivity index (χ1v) is 6.52. The van der Waals surface area contributed by atoms with E-state index in [0.717, 1.165) is 5.56 Å². The second-order valence-corrected chi connectivity index (χ2v) is 4.76. The number of likely N-dealkylation sites (tertiary alicyclic amines) is 1. The van der Waals surface area contributed by atoms with Gasteiger partial charge in [-0.15, -0.1) is 0 Å². The minimum atomic E-state index is -0.301. The van der Waals surface area contributed by atoms with Crippen molar-refractivity contribution in [2.24, 2.45) is 0 Å². The first kappa shape index (κ1) is 12.4. The molecule has 5 nitrogen and oxygen atoms in total. The summed E-state index contributed by atoms with van der Waals surface area (Å²) in [6.07, 6.45) is -0.304. The minimum Gasteiger partial charge on any atom is -0.445 e. The lowest BCUT2D eigenvalue weighted by Crippen LogP contribution is -2.36. The van der Waals surface area contributed by atoms with E-state index < -0.39 is 0 Å². The number of benzene rings is 1. The topological polar surface area (TPSA) is 48.0 Å². The van der Waals surface area contributed by atoms with Gasteiger partial charge in [0.15, 0.2) is 0 Å². The molecule has 2 heterocycles. The number of rotatable bonds is 2. The summed E-state index contributed by atoms with van der Waals surface area (Å²) in [5, 5.41) is 0. The zero-order valence-corrected chi connectivity index (χ0v) is 10.7. The number of amides is 1. The van der Waals surface area contributed by atoms with E-state index in [1.807, 2.05) is 30.3 Å². The fourth-order valence-corrected chi connectivity index (χ4v) is 2.42. The van der Waals surface area contributed by atoms with Gasteiger partial charge in [-0.05, 0) is 5.56 Å². The number of fused-ring (bicyclic) bond motifs is 1. The van der Waals surface area contributed by atoms with E-state index in [4.69, 9.17) is 14.2 Å². The zero-order chi connectivity index (χ0) is 13.1. The number of hydrogen-bond donors (Lipinski definition) is 0. The van der Waals surface area contributed by atoms with Crippen LogP contribution in [0.25, 0.3) is 0 Å². The summed E-state index contributed by atoms with van der Waals surface area (Å²) < 4.78 is 16.4. The molecule has 102 valence electrons. The normalized spacial score (nSPS) is 26.0. The number of hydrogen-bond acceptors (Lipinski definition) is 4. The van der Waals surface area contributed by atoms with Gasteiger partial charge in [-0.1, -0.05) is 30.3 Å². The summed E-state index contributed by atoms with van der Waals surface area (Å²) in [6.45, 7) is 2.62. The van der Waals surface area contributed by atoms with Crippen LogP contribution in [0.5, 0.6) is 0 Å². The third-order valence-corrected chi connectivity index (χ3v) is 3.43. The van der Waals surface area contributed by atoms with Gasteiger partial charge in [-0.2, -0.15) is 0 Å². The zero-order valence-electron chi connectivity index (χ0n) is 10.7. The maximum absolute atomic E-state index is 12.0. The molecule has 5 heteroatoms. The molecule has 1 aromatic rings. The van der Waals surface area contributed by atoms with E-state index in [-0.39, 0.29) is 18.3 Å². The van der Waals surface area contributed by atoms with Crippen LogP contribution in [0.4, 0.5) is 4.79 Å². The molecule has 2 atom stereocenters. The van der Waals surface area contributed by atoms with Gasteiger partial charge < -0.3 is 19.1 Å². The first-order chi connectivity index (χ1) is 9.33. The van der Waals surface area contributed by atoms with Gasteiger partial charge in [0.1, 0.15) is 18.8 Å². The highest BCUT2D eigenvalue weighted by atomic mass is 16.6. The van der Waals surface area contributed by atoms with Crippen molar-refractivity contribution in [2.45, 2.75) is 18.8 Å². The van der Waals surface area contributed by atoms with Crippen LogP contribution in [0.3, 0.4) is 0 Å². The van der Waals surface area contributed by atoms with Crippen molar-refractivity contribution >= 4 is 6.09 Å². The van der Waals surface area contributed by atoms with Gasteiger partial charge in [0, 0.05) is 0 Å². The highest BCUT2D eigenvalue weighted by Gasteiger charge is 2.39. The van der Waals surface area contributed by atoms with Gasteiger partial charge in [0.2, 0.25) is 0 Å². The molecule has 19 heavy (non-hydrogen) atoms. The monoisotopic (exact) mass is 263 g/mol. The Hall–Kier alpha value is -1.59. The highest BCUT2D eigenvalue weighted by Crippen LogP contribution is 2.20. The lowest BCUT2D eigenvalue weighted by Gasteiger charge is -2.24. The van der Waals surface area contributed by atoms with E-state index in [2.05, 4.69) is 0 Å². The lowest BCUT2D eigenvalue weighted by atomic mass is 10.2. The van der Waals surface area contributed by atoms with E-state index in [0.29, 0.717) is 32.9 Å². The predicted molar refractivity (Wildman–Crippen MR) is 67.7 cm³/mol. The molecule has 3 rings (SSSR count). The Bertz CT molecular complexity index is 422. The Labute approximate surface area is 112 Å². The molecule has 1 aromatic carbocycles. The largest absolute Gasteiger partial charge is 0.445 e. The Morgan fingerprint density at radius 2 is 1.79 bits per heavy atom. The Morgan fingerprint density at radius 1 is 1.16 bits per heavy atom. The van der Waals surface area contributed by atoms with Crippen molar-refractivity contribution in [3.63, 3.8) is 0 Å². The molecule has 0 saturated carbocycles. The molecule has 0 aromatic heterocycles. The molecule has 2 aliphatic rings.